The van der Waals surface area contributed by atoms with Crippen LogP contribution in [0.3, 0.4) is 0 Å². The Hall–Kier alpha value is -3.22. The van der Waals surface area contributed by atoms with Crippen LogP contribution in [0.2, 0.25) is 0 Å². The van der Waals surface area contributed by atoms with Crippen LogP contribution >= 0.6 is 0 Å². The fraction of sp³-hybridized carbons (Fsp3) is 0.222. The lowest BCUT2D eigenvalue weighted by Gasteiger charge is -2.09. The number of carboxylic acids is 1. The van der Waals surface area contributed by atoms with Crippen LogP contribution in [0.25, 0.3) is 22.2 Å². The minimum Gasteiger partial charge on any atom is -0.477 e. The average molecular weight is 335 g/mol. The first-order chi connectivity index (χ1) is 12.1. The molecule has 0 bridgehead atoms. The molecule has 4 rings (SSSR count). The van der Waals surface area contributed by atoms with Gasteiger partial charge in [0, 0.05) is 6.54 Å². The number of hydrogen-bond acceptors (Lipinski definition) is 4. The molecule has 1 N–H and O–H groups in total. The van der Waals surface area contributed by atoms with Crippen LogP contribution in [-0.4, -0.2) is 35.2 Å². The molecule has 0 atom stereocenters. The summed E-state index contributed by atoms with van der Waals surface area (Å²) >= 11 is 0. The Morgan fingerprint density at radius 3 is 2.60 bits per heavy atom. The minimum absolute atomic E-state index is 0.0117. The Morgan fingerprint density at radius 2 is 1.84 bits per heavy atom. The van der Waals surface area contributed by atoms with Crippen LogP contribution in [0, 0.1) is 6.92 Å². The number of hydrogen-bond donors (Lipinski definition) is 1. The number of rotatable bonds is 4. The maximum absolute atomic E-state index is 11.2. The number of pyridine rings is 1. The number of aromatic nitrogens is 5. The third-order valence-corrected chi connectivity index (χ3v) is 4.35. The number of carbonyl (C=O) groups is 1. The Kier molecular flexibility index (Phi) is 3.49. The normalized spacial score (nSPS) is 11.4. The van der Waals surface area contributed by atoms with E-state index >= 15 is 0 Å². The van der Waals surface area contributed by atoms with Gasteiger partial charge >= 0.3 is 5.97 Å². The van der Waals surface area contributed by atoms with E-state index in [0.29, 0.717) is 17.7 Å². The zero-order chi connectivity index (χ0) is 17.6. The first kappa shape index (κ1) is 15.3. The molecule has 0 saturated carbocycles. The van der Waals surface area contributed by atoms with Crippen LogP contribution in [0.15, 0.2) is 36.4 Å². The highest BCUT2D eigenvalue weighted by atomic mass is 16.4. The summed E-state index contributed by atoms with van der Waals surface area (Å²) in [4.78, 5) is 24.7. The topological polar surface area (TPSA) is 85.8 Å². The van der Waals surface area contributed by atoms with Crippen molar-refractivity contribution in [2.75, 3.05) is 0 Å². The molecule has 0 spiro atoms. The molecule has 0 aliphatic carbocycles. The van der Waals surface area contributed by atoms with Gasteiger partial charge in [-0.25, -0.2) is 19.7 Å². The van der Waals surface area contributed by atoms with E-state index in [4.69, 9.17) is 4.98 Å². The molecule has 4 aromatic rings. The molecule has 0 aliphatic rings. The minimum atomic E-state index is -1.05. The van der Waals surface area contributed by atoms with Crippen molar-refractivity contribution in [2.24, 2.45) is 0 Å². The van der Waals surface area contributed by atoms with E-state index in [0.717, 1.165) is 29.2 Å². The first-order valence-electron chi connectivity index (χ1n) is 8.09. The molecule has 126 valence electrons. The van der Waals surface area contributed by atoms with Crippen LogP contribution < -0.4 is 0 Å². The molecule has 25 heavy (non-hydrogen) atoms. The Morgan fingerprint density at radius 1 is 1.04 bits per heavy atom. The van der Waals surface area contributed by atoms with Crippen LogP contribution in [-0.2, 0) is 13.1 Å². The van der Waals surface area contributed by atoms with Crippen molar-refractivity contribution in [2.45, 2.75) is 26.9 Å². The Bertz CT molecular complexity index is 1110. The van der Waals surface area contributed by atoms with Gasteiger partial charge in [-0.15, -0.1) is 0 Å². The summed E-state index contributed by atoms with van der Waals surface area (Å²) in [6, 6.07) is 11.2. The maximum Gasteiger partial charge on any atom is 0.354 e. The highest BCUT2D eigenvalue weighted by molar-refractivity contribution is 5.88. The summed E-state index contributed by atoms with van der Waals surface area (Å²) in [5, 5.41) is 9.20. The van der Waals surface area contributed by atoms with Gasteiger partial charge in [0.2, 0.25) is 0 Å². The molecule has 1 aromatic carbocycles. The van der Waals surface area contributed by atoms with Gasteiger partial charge in [-0.1, -0.05) is 12.1 Å². The molecule has 0 saturated heterocycles. The second-order valence-electron chi connectivity index (χ2n) is 5.85. The summed E-state index contributed by atoms with van der Waals surface area (Å²) in [5.74, 6) is 0.626. The molecule has 7 heteroatoms. The zero-order valence-electron chi connectivity index (χ0n) is 14.0. The van der Waals surface area contributed by atoms with Gasteiger partial charge in [0.15, 0.2) is 11.3 Å². The largest absolute Gasteiger partial charge is 0.477 e. The molecule has 0 aliphatic heterocycles. The van der Waals surface area contributed by atoms with Crippen molar-refractivity contribution in [1.29, 1.82) is 0 Å². The third-order valence-electron chi connectivity index (χ3n) is 4.35. The molecule has 0 amide bonds. The van der Waals surface area contributed by atoms with Crippen LogP contribution in [0.5, 0.6) is 0 Å². The maximum atomic E-state index is 11.2. The van der Waals surface area contributed by atoms with Crippen molar-refractivity contribution in [1.82, 2.24) is 24.1 Å². The first-order valence-corrected chi connectivity index (χ1v) is 8.09. The number of fused-ring (bicyclic) bond motifs is 2. The number of imidazole rings is 2. The predicted octanol–water partition coefficient (Wildman–Crippen LogP) is 2.86. The summed E-state index contributed by atoms with van der Waals surface area (Å²) in [6.07, 6.45) is 0. The molecular formula is C18H17N5O2. The third kappa shape index (κ3) is 2.44. The number of nitrogens with zero attached hydrogens (tertiary/aromatic N) is 5. The van der Waals surface area contributed by atoms with Gasteiger partial charge in [0.1, 0.15) is 17.2 Å². The van der Waals surface area contributed by atoms with E-state index in [9.17, 15) is 9.90 Å². The van der Waals surface area contributed by atoms with E-state index in [-0.39, 0.29) is 5.69 Å². The zero-order valence-corrected chi connectivity index (χ0v) is 14.0. The van der Waals surface area contributed by atoms with Gasteiger partial charge in [0.25, 0.3) is 0 Å². The van der Waals surface area contributed by atoms with E-state index in [1.165, 1.54) is 6.07 Å². The predicted molar refractivity (Wildman–Crippen MR) is 93.7 cm³/mol. The van der Waals surface area contributed by atoms with Crippen molar-refractivity contribution < 1.29 is 9.90 Å². The lowest BCUT2D eigenvalue weighted by molar-refractivity contribution is 0.0691. The van der Waals surface area contributed by atoms with E-state index in [1.807, 2.05) is 29.7 Å². The monoisotopic (exact) mass is 335 g/mol. The Labute approximate surface area is 143 Å². The fourth-order valence-corrected chi connectivity index (χ4v) is 3.16. The van der Waals surface area contributed by atoms with Gasteiger partial charge in [0.05, 0.1) is 17.6 Å². The standard InChI is InChI=1S/C18H17N5O2/c1-3-22-15-7-5-4-6-12(15)20-16(22)10-23-11(2)19-13-8-9-14(18(24)25)21-17(13)23/h4-9H,3,10H2,1-2H3,(H,24,25). The van der Waals surface area contributed by atoms with Crippen molar-refractivity contribution in [3.8, 4) is 0 Å². The van der Waals surface area contributed by atoms with E-state index in [2.05, 4.69) is 27.5 Å². The van der Waals surface area contributed by atoms with Gasteiger partial charge < -0.3 is 14.2 Å². The van der Waals surface area contributed by atoms with E-state index in [1.54, 1.807) is 6.07 Å². The number of aromatic carboxylic acids is 1. The summed E-state index contributed by atoms with van der Waals surface area (Å²) in [6.45, 7) is 5.26. The van der Waals surface area contributed by atoms with Gasteiger partial charge in [-0.3, -0.25) is 0 Å². The number of para-hydroxylation sites is 2. The van der Waals surface area contributed by atoms with E-state index < -0.39 is 5.97 Å². The number of benzene rings is 1. The summed E-state index contributed by atoms with van der Waals surface area (Å²) < 4.78 is 4.07. The fourth-order valence-electron chi connectivity index (χ4n) is 3.16. The Balaban J connectivity index is 1.87. The molecule has 0 radical (unpaired) electrons. The number of aryl methyl sites for hydroxylation is 2. The molecule has 0 fully saturated rings. The van der Waals surface area contributed by atoms with Gasteiger partial charge in [-0.05, 0) is 38.1 Å². The smallest absolute Gasteiger partial charge is 0.354 e. The summed E-state index contributed by atoms with van der Waals surface area (Å²) in [7, 11) is 0. The van der Waals surface area contributed by atoms with Crippen LogP contribution in [0.1, 0.15) is 29.1 Å². The van der Waals surface area contributed by atoms with Crippen molar-refractivity contribution in [3.05, 3.63) is 53.7 Å². The SMILES string of the molecule is CCn1c(Cn2c(C)nc3ccc(C(=O)O)nc32)nc2ccccc21. The second-order valence-corrected chi connectivity index (χ2v) is 5.85. The number of carboxylic acid groups (broad SMARTS) is 1. The summed E-state index contributed by atoms with van der Waals surface area (Å²) in [5.41, 5.74) is 3.29. The van der Waals surface area contributed by atoms with Gasteiger partial charge in [-0.2, -0.15) is 0 Å². The molecule has 7 nitrogen and oxygen atoms in total. The molecular weight excluding hydrogens is 318 g/mol. The lowest BCUT2D eigenvalue weighted by Crippen LogP contribution is -2.10. The molecule has 3 heterocycles. The highest BCUT2D eigenvalue weighted by Crippen LogP contribution is 2.20. The van der Waals surface area contributed by atoms with Crippen LogP contribution in [0.4, 0.5) is 0 Å². The second kappa shape index (κ2) is 5.70. The molecule has 3 aromatic heterocycles. The quantitative estimate of drug-likeness (QED) is 0.620. The molecule has 0 unspecified atom stereocenters. The average Bonchev–Trinajstić information content (AvgIpc) is 3.11. The highest BCUT2D eigenvalue weighted by Gasteiger charge is 2.16. The lowest BCUT2D eigenvalue weighted by atomic mass is 10.3. The van der Waals surface area contributed by atoms with Crippen molar-refractivity contribution >= 4 is 28.2 Å². The van der Waals surface area contributed by atoms with Crippen molar-refractivity contribution in [3.63, 3.8) is 0 Å².